The van der Waals surface area contributed by atoms with E-state index in [4.69, 9.17) is 0 Å². The molecule has 0 atom stereocenters. The van der Waals surface area contributed by atoms with Crippen LogP contribution in [0.3, 0.4) is 0 Å². The van der Waals surface area contributed by atoms with E-state index in [2.05, 4.69) is 15.6 Å². The standard InChI is InChI=1S/C20H16F3N3O/c1-12-2-4-13(5-3-12)9-25-20(27)14-8-15(11-24-10-14)26-17-7-6-16(21)18(22)19(17)23/h2-8,10-11,26H,9H2,1H3,(H,25,27). The maximum atomic E-state index is 13.8. The van der Waals surface area contributed by atoms with Gasteiger partial charge in [0.05, 0.1) is 23.1 Å². The van der Waals surface area contributed by atoms with E-state index in [1.165, 1.54) is 18.5 Å². The molecule has 1 amide bonds. The fourth-order valence-electron chi connectivity index (χ4n) is 2.40. The van der Waals surface area contributed by atoms with Gasteiger partial charge in [-0.1, -0.05) is 29.8 Å². The number of nitrogens with one attached hydrogen (secondary N) is 2. The molecule has 0 spiro atoms. The summed E-state index contributed by atoms with van der Waals surface area (Å²) in [6.07, 6.45) is 2.70. The predicted octanol–water partition coefficient (Wildman–Crippen LogP) is 4.48. The zero-order valence-electron chi connectivity index (χ0n) is 14.4. The summed E-state index contributed by atoms with van der Waals surface area (Å²) in [5.41, 5.74) is 2.32. The van der Waals surface area contributed by atoms with E-state index < -0.39 is 17.5 Å². The Balaban J connectivity index is 1.70. The number of pyridine rings is 1. The highest BCUT2D eigenvalue weighted by Gasteiger charge is 2.14. The Hall–Kier alpha value is -3.35. The Bertz CT molecular complexity index is 975. The van der Waals surface area contributed by atoms with Crippen LogP contribution in [0, 0.1) is 24.4 Å². The van der Waals surface area contributed by atoms with Crippen molar-refractivity contribution in [2.75, 3.05) is 5.32 Å². The van der Waals surface area contributed by atoms with Gasteiger partial charge in [-0.3, -0.25) is 9.78 Å². The fraction of sp³-hybridized carbons (Fsp3) is 0.100. The Morgan fingerprint density at radius 3 is 2.48 bits per heavy atom. The Morgan fingerprint density at radius 2 is 1.74 bits per heavy atom. The van der Waals surface area contributed by atoms with E-state index in [9.17, 15) is 18.0 Å². The van der Waals surface area contributed by atoms with Crippen LogP contribution in [0.2, 0.25) is 0 Å². The molecular weight excluding hydrogens is 355 g/mol. The lowest BCUT2D eigenvalue weighted by atomic mass is 10.1. The van der Waals surface area contributed by atoms with Crippen LogP contribution in [0.25, 0.3) is 0 Å². The number of carbonyl (C=O) groups excluding carboxylic acids is 1. The van der Waals surface area contributed by atoms with Gasteiger partial charge in [0.1, 0.15) is 0 Å². The second kappa shape index (κ2) is 7.90. The van der Waals surface area contributed by atoms with Gasteiger partial charge < -0.3 is 10.6 Å². The molecule has 1 heterocycles. The van der Waals surface area contributed by atoms with Gasteiger partial charge in [-0.2, -0.15) is 0 Å². The SMILES string of the molecule is Cc1ccc(CNC(=O)c2cncc(Nc3ccc(F)c(F)c3F)c2)cc1. The van der Waals surface area contributed by atoms with Gasteiger partial charge in [-0.15, -0.1) is 0 Å². The fourth-order valence-corrected chi connectivity index (χ4v) is 2.40. The van der Waals surface area contributed by atoms with E-state index in [1.54, 1.807) is 0 Å². The van der Waals surface area contributed by atoms with Crippen LogP contribution in [0.1, 0.15) is 21.5 Å². The third-order valence-electron chi connectivity index (χ3n) is 3.89. The van der Waals surface area contributed by atoms with Crippen LogP contribution >= 0.6 is 0 Å². The van der Waals surface area contributed by atoms with Gasteiger partial charge in [-0.05, 0) is 30.7 Å². The summed E-state index contributed by atoms with van der Waals surface area (Å²) in [5.74, 6) is -4.55. The van der Waals surface area contributed by atoms with Crippen LogP contribution in [0.4, 0.5) is 24.5 Å². The summed E-state index contributed by atoms with van der Waals surface area (Å²) in [6, 6.07) is 11.0. The second-order valence-electron chi connectivity index (χ2n) is 5.98. The molecule has 0 aliphatic rings. The highest BCUT2D eigenvalue weighted by molar-refractivity contribution is 5.94. The average molecular weight is 371 g/mol. The topological polar surface area (TPSA) is 54.0 Å². The normalized spacial score (nSPS) is 10.5. The zero-order chi connectivity index (χ0) is 19.4. The molecule has 0 fully saturated rings. The maximum absolute atomic E-state index is 13.8. The largest absolute Gasteiger partial charge is 0.352 e. The van der Waals surface area contributed by atoms with Crippen molar-refractivity contribution in [2.24, 2.45) is 0 Å². The highest BCUT2D eigenvalue weighted by atomic mass is 19.2. The number of halogens is 3. The van der Waals surface area contributed by atoms with Crippen molar-refractivity contribution in [2.45, 2.75) is 13.5 Å². The first-order valence-electron chi connectivity index (χ1n) is 8.13. The zero-order valence-corrected chi connectivity index (χ0v) is 14.4. The smallest absolute Gasteiger partial charge is 0.253 e. The Labute approximate surface area is 154 Å². The Kier molecular flexibility index (Phi) is 5.40. The summed E-state index contributed by atoms with van der Waals surface area (Å²) in [6.45, 7) is 2.32. The van der Waals surface area contributed by atoms with Crippen molar-refractivity contribution in [3.63, 3.8) is 0 Å². The molecule has 138 valence electrons. The van der Waals surface area contributed by atoms with Crippen LogP contribution in [-0.2, 0) is 6.54 Å². The number of aryl methyl sites for hydroxylation is 1. The molecule has 4 nitrogen and oxygen atoms in total. The minimum atomic E-state index is -1.57. The Morgan fingerprint density at radius 1 is 1.00 bits per heavy atom. The number of anilines is 2. The van der Waals surface area contributed by atoms with Gasteiger partial charge in [0.25, 0.3) is 5.91 Å². The molecule has 0 saturated carbocycles. The summed E-state index contributed by atoms with van der Waals surface area (Å²) in [7, 11) is 0. The van der Waals surface area contributed by atoms with Crippen molar-refractivity contribution in [1.82, 2.24) is 10.3 Å². The summed E-state index contributed by atoms with van der Waals surface area (Å²) < 4.78 is 40.1. The first-order chi connectivity index (χ1) is 12.9. The lowest BCUT2D eigenvalue weighted by Gasteiger charge is -2.10. The maximum Gasteiger partial charge on any atom is 0.253 e. The number of aromatic nitrogens is 1. The number of rotatable bonds is 5. The molecule has 3 aromatic rings. The van der Waals surface area contributed by atoms with E-state index in [1.807, 2.05) is 31.2 Å². The van der Waals surface area contributed by atoms with Crippen LogP contribution < -0.4 is 10.6 Å². The lowest BCUT2D eigenvalue weighted by Crippen LogP contribution is -2.23. The van der Waals surface area contributed by atoms with Crippen LogP contribution in [0.15, 0.2) is 54.9 Å². The molecule has 27 heavy (non-hydrogen) atoms. The molecule has 2 N–H and O–H groups in total. The van der Waals surface area contributed by atoms with Gasteiger partial charge in [0, 0.05) is 12.7 Å². The van der Waals surface area contributed by atoms with Gasteiger partial charge >= 0.3 is 0 Å². The molecule has 3 rings (SSSR count). The first-order valence-corrected chi connectivity index (χ1v) is 8.13. The molecule has 0 aliphatic heterocycles. The third-order valence-corrected chi connectivity index (χ3v) is 3.89. The summed E-state index contributed by atoms with van der Waals surface area (Å²) in [4.78, 5) is 16.2. The highest BCUT2D eigenvalue weighted by Crippen LogP contribution is 2.23. The molecule has 7 heteroatoms. The molecule has 1 aromatic heterocycles. The molecule has 0 radical (unpaired) electrons. The van der Waals surface area contributed by atoms with E-state index in [0.717, 1.165) is 23.3 Å². The van der Waals surface area contributed by atoms with E-state index >= 15 is 0 Å². The molecule has 0 aliphatic carbocycles. The molecule has 2 aromatic carbocycles. The van der Waals surface area contributed by atoms with E-state index in [-0.39, 0.29) is 22.8 Å². The van der Waals surface area contributed by atoms with E-state index in [0.29, 0.717) is 6.54 Å². The van der Waals surface area contributed by atoms with Crippen molar-refractivity contribution < 1.29 is 18.0 Å². The van der Waals surface area contributed by atoms with Crippen LogP contribution in [-0.4, -0.2) is 10.9 Å². The molecule has 0 saturated heterocycles. The van der Waals surface area contributed by atoms with Gasteiger partial charge in [0.15, 0.2) is 17.5 Å². The quantitative estimate of drug-likeness (QED) is 0.650. The molecular formula is C20H16F3N3O. The number of hydrogen-bond donors (Lipinski definition) is 2. The van der Waals surface area contributed by atoms with Crippen LogP contribution in [0.5, 0.6) is 0 Å². The number of carbonyl (C=O) groups is 1. The van der Waals surface area contributed by atoms with Crippen molar-refractivity contribution in [3.8, 4) is 0 Å². The number of benzene rings is 2. The van der Waals surface area contributed by atoms with Crippen molar-refractivity contribution in [1.29, 1.82) is 0 Å². The summed E-state index contributed by atoms with van der Waals surface area (Å²) >= 11 is 0. The number of hydrogen-bond acceptors (Lipinski definition) is 3. The van der Waals surface area contributed by atoms with Crippen molar-refractivity contribution in [3.05, 3.63) is 89.0 Å². The molecule has 0 unspecified atom stereocenters. The predicted molar refractivity (Wildman–Crippen MR) is 96.2 cm³/mol. The number of nitrogens with zero attached hydrogens (tertiary/aromatic N) is 1. The average Bonchev–Trinajstić information content (AvgIpc) is 2.68. The lowest BCUT2D eigenvalue weighted by molar-refractivity contribution is 0.0950. The monoisotopic (exact) mass is 371 g/mol. The second-order valence-corrected chi connectivity index (χ2v) is 5.98. The number of amides is 1. The van der Waals surface area contributed by atoms with Crippen molar-refractivity contribution >= 4 is 17.3 Å². The van der Waals surface area contributed by atoms with Gasteiger partial charge in [-0.25, -0.2) is 13.2 Å². The minimum Gasteiger partial charge on any atom is -0.352 e. The third kappa shape index (κ3) is 4.44. The minimum absolute atomic E-state index is 0.245. The summed E-state index contributed by atoms with van der Waals surface area (Å²) in [5, 5.41) is 5.35. The molecule has 0 bridgehead atoms. The first kappa shape index (κ1) is 18.4. The van der Waals surface area contributed by atoms with Gasteiger partial charge in [0.2, 0.25) is 0 Å².